The smallest absolute Gasteiger partial charge is 0.266 e. The number of hydrazine groups is 1. The quantitative estimate of drug-likeness (QED) is 0.365. The largest absolute Gasteiger partial charge is 0.478 e. The van der Waals surface area contributed by atoms with Gasteiger partial charge in [0, 0.05) is 0 Å². The molecule has 0 aliphatic carbocycles. The molecule has 0 unspecified atom stereocenters. The van der Waals surface area contributed by atoms with Crippen molar-refractivity contribution in [3.05, 3.63) is 24.3 Å². The summed E-state index contributed by atoms with van der Waals surface area (Å²) < 4.78 is 5.39. The van der Waals surface area contributed by atoms with Gasteiger partial charge in [0.2, 0.25) is 5.91 Å². The summed E-state index contributed by atoms with van der Waals surface area (Å²) in [4.78, 5) is 22.6. The van der Waals surface area contributed by atoms with Crippen LogP contribution >= 0.6 is 0 Å². The van der Waals surface area contributed by atoms with E-state index in [2.05, 4.69) is 5.32 Å². The van der Waals surface area contributed by atoms with Crippen LogP contribution in [0, 0.1) is 0 Å². The van der Waals surface area contributed by atoms with Crippen LogP contribution < -0.4 is 21.3 Å². The molecular formula is C10H11N3O3. The second kappa shape index (κ2) is 4.19. The van der Waals surface area contributed by atoms with Gasteiger partial charge in [-0.15, -0.1) is 0 Å². The van der Waals surface area contributed by atoms with Crippen LogP contribution in [0.15, 0.2) is 24.3 Å². The molecule has 0 spiro atoms. The molecule has 6 nitrogen and oxygen atoms in total. The van der Waals surface area contributed by atoms with E-state index in [0.29, 0.717) is 11.4 Å². The Balaban J connectivity index is 2.15. The molecule has 0 aromatic heterocycles. The number of amides is 2. The van der Waals surface area contributed by atoms with Crippen molar-refractivity contribution in [2.75, 3.05) is 5.32 Å². The van der Waals surface area contributed by atoms with Gasteiger partial charge in [-0.1, -0.05) is 12.1 Å². The highest BCUT2D eigenvalue weighted by molar-refractivity contribution is 5.99. The van der Waals surface area contributed by atoms with Crippen LogP contribution in [0.1, 0.15) is 6.42 Å². The molecule has 2 amide bonds. The van der Waals surface area contributed by atoms with Crippen molar-refractivity contribution in [1.82, 2.24) is 5.43 Å². The number of ether oxygens (including phenoxy) is 1. The number of carbonyl (C=O) groups excluding carboxylic acids is 2. The third-order valence-corrected chi connectivity index (χ3v) is 2.24. The van der Waals surface area contributed by atoms with Crippen LogP contribution in [0.25, 0.3) is 0 Å². The maximum atomic E-state index is 11.6. The molecular weight excluding hydrogens is 210 g/mol. The molecule has 1 aliphatic heterocycles. The SMILES string of the molecule is NNC(=O)C[C@H]1Oc2ccccc2NC1=O. The van der Waals surface area contributed by atoms with E-state index in [1.165, 1.54) is 0 Å². The number of rotatable bonds is 2. The number of hydrogen-bond acceptors (Lipinski definition) is 4. The fraction of sp³-hybridized carbons (Fsp3) is 0.200. The third kappa shape index (κ3) is 1.96. The second-order valence-corrected chi connectivity index (χ2v) is 3.36. The van der Waals surface area contributed by atoms with Crippen LogP contribution in [0.5, 0.6) is 5.75 Å². The molecule has 1 aliphatic rings. The van der Waals surface area contributed by atoms with Crippen LogP contribution in [0.3, 0.4) is 0 Å². The van der Waals surface area contributed by atoms with Gasteiger partial charge < -0.3 is 10.1 Å². The van der Waals surface area contributed by atoms with E-state index in [1.807, 2.05) is 5.43 Å². The fourth-order valence-corrected chi connectivity index (χ4v) is 1.45. The number of anilines is 1. The number of fused-ring (bicyclic) bond motifs is 1. The van der Waals surface area contributed by atoms with E-state index in [-0.39, 0.29) is 12.3 Å². The third-order valence-electron chi connectivity index (χ3n) is 2.24. The second-order valence-electron chi connectivity index (χ2n) is 3.36. The summed E-state index contributed by atoms with van der Waals surface area (Å²) in [5.74, 6) is 4.71. The summed E-state index contributed by atoms with van der Waals surface area (Å²) in [6.45, 7) is 0. The number of nitrogens with two attached hydrogens (primary N) is 1. The maximum Gasteiger partial charge on any atom is 0.266 e. The van der Waals surface area contributed by atoms with E-state index in [1.54, 1.807) is 24.3 Å². The van der Waals surface area contributed by atoms with Crippen molar-refractivity contribution in [2.45, 2.75) is 12.5 Å². The first-order valence-electron chi connectivity index (χ1n) is 4.76. The van der Waals surface area contributed by atoms with Crippen molar-refractivity contribution < 1.29 is 14.3 Å². The number of carbonyl (C=O) groups is 2. The van der Waals surface area contributed by atoms with Crippen molar-refractivity contribution in [2.24, 2.45) is 5.84 Å². The summed E-state index contributed by atoms with van der Waals surface area (Å²) in [6.07, 6.45) is -0.935. The lowest BCUT2D eigenvalue weighted by Gasteiger charge is -2.25. The van der Waals surface area contributed by atoms with Crippen LogP contribution in [0.4, 0.5) is 5.69 Å². The monoisotopic (exact) mass is 221 g/mol. The normalized spacial score (nSPS) is 18.1. The molecule has 16 heavy (non-hydrogen) atoms. The van der Waals surface area contributed by atoms with Crippen LogP contribution in [-0.2, 0) is 9.59 Å². The highest BCUT2D eigenvalue weighted by Crippen LogP contribution is 2.29. The van der Waals surface area contributed by atoms with Gasteiger partial charge in [0.15, 0.2) is 6.10 Å². The number of benzene rings is 1. The summed E-state index contributed by atoms with van der Waals surface area (Å²) >= 11 is 0. The Hall–Kier alpha value is -2.08. The molecule has 1 aromatic carbocycles. The summed E-state index contributed by atoms with van der Waals surface area (Å²) in [5.41, 5.74) is 2.57. The molecule has 1 atom stereocenters. The van der Waals surface area contributed by atoms with E-state index >= 15 is 0 Å². The number of para-hydroxylation sites is 2. The van der Waals surface area contributed by atoms with Gasteiger partial charge in [0.1, 0.15) is 5.75 Å². The molecule has 84 valence electrons. The Kier molecular flexibility index (Phi) is 2.74. The highest BCUT2D eigenvalue weighted by atomic mass is 16.5. The topological polar surface area (TPSA) is 93.4 Å². The lowest BCUT2D eigenvalue weighted by molar-refractivity contribution is -0.130. The minimum Gasteiger partial charge on any atom is -0.478 e. The van der Waals surface area contributed by atoms with Gasteiger partial charge in [-0.05, 0) is 12.1 Å². The first-order chi connectivity index (χ1) is 7.70. The molecule has 6 heteroatoms. The molecule has 0 saturated carbocycles. The van der Waals surface area contributed by atoms with Crippen molar-refractivity contribution in [1.29, 1.82) is 0 Å². The molecule has 1 aromatic rings. The minimum atomic E-state index is -0.835. The first-order valence-corrected chi connectivity index (χ1v) is 4.76. The minimum absolute atomic E-state index is 0.101. The van der Waals surface area contributed by atoms with Crippen molar-refractivity contribution >= 4 is 17.5 Å². The zero-order chi connectivity index (χ0) is 11.5. The lowest BCUT2D eigenvalue weighted by atomic mass is 10.1. The van der Waals surface area contributed by atoms with E-state index in [0.717, 1.165) is 0 Å². The Morgan fingerprint density at radius 2 is 2.25 bits per heavy atom. The average Bonchev–Trinajstić information content (AvgIpc) is 2.30. The molecule has 2 rings (SSSR count). The Morgan fingerprint density at radius 1 is 1.50 bits per heavy atom. The molecule has 0 fully saturated rings. The summed E-state index contributed by atoms with van der Waals surface area (Å²) in [5, 5.41) is 2.65. The Bertz CT molecular complexity index is 433. The van der Waals surface area contributed by atoms with Crippen LogP contribution in [-0.4, -0.2) is 17.9 Å². The molecule has 0 bridgehead atoms. The molecule has 0 radical (unpaired) electrons. The fourth-order valence-electron chi connectivity index (χ4n) is 1.45. The van der Waals surface area contributed by atoms with Crippen molar-refractivity contribution in [3.8, 4) is 5.75 Å². The Morgan fingerprint density at radius 3 is 3.00 bits per heavy atom. The molecule has 4 N–H and O–H groups in total. The van der Waals surface area contributed by atoms with E-state index in [4.69, 9.17) is 10.6 Å². The van der Waals surface area contributed by atoms with Gasteiger partial charge in [0.25, 0.3) is 5.91 Å². The Labute approximate surface area is 91.7 Å². The zero-order valence-electron chi connectivity index (χ0n) is 8.40. The highest BCUT2D eigenvalue weighted by Gasteiger charge is 2.29. The predicted molar refractivity (Wildman–Crippen MR) is 56.4 cm³/mol. The zero-order valence-corrected chi connectivity index (χ0v) is 8.40. The van der Waals surface area contributed by atoms with E-state index < -0.39 is 12.0 Å². The van der Waals surface area contributed by atoms with Crippen LogP contribution in [0.2, 0.25) is 0 Å². The number of nitrogens with one attached hydrogen (secondary N) is 2. The van der Waals surface area contributed by atoms with Gasteiger partial charge in [-0.3, -0.25) is 15.0 Å². The van der Waals surface area contributed by atoms with Gasteiger partial charge in [-0.25, -0.2) is 5.84 Å². The maximum absolute atomic E-state index is 11.6. The standard InChI is InChI=1S/C10H11N3O3/c11-13-9(14)5-8-10(15)12-6-3-1-2-4-7(6)16-8/h1-4,8H,5,11H2,(H,12,15)(H,13,14)/t8-/m1/s1. The molecule has 0 saturated heterocycles. The molecule has 1 heterocycles. The average molecular weight is 221 g/mol. The predicted octanol–water partition coefficient (Wildman–Crippen LogP) is -0.234. The summed E-state index contributed by atoms with van der Waals surface area (Å²) in [6, 6.07) is 7.03. The van der Waals surface area contributed by atoms with Gasteiger partial charge in [-0.2, -0.15) is 0 Å². The van der Waals surface area contributed by atoms with Crippen molar-refractivity contribution in [3.63, 3.8) is 0 Å². The van der Waals surface area contributed by atoms with Gasteiger partial charge in [0.05, 0.1) is 12.1 Å². The van der Waals surface area contributed by atoms with Gasteiger partial charge >= 0.3 is 0 Å². The number of hydrogen-bond donors (Lipinski definition) is 3. The lowest BCUT2D eigenvalue weighted by Crippen LogP contribution is -2.42. The van der Waals surface area contributed by atoms with E-state index in [9.17, 15) is 9.59 Å². The first kappa shape index (κ1) is 10.4. The summed E-state index contributed by atoms with van der Waals surface area (Å²) in [7, 11) is 0.